The van der Waals surface area contributed by atoms with Crippen LogP contribution in [0.2, 0.25) is 0 Å². The van der Waals surface area contributed by atoms with Crippen LogP contribution in [0.4, 0.5) is 13.2 Å². The number of furan rings is 1. The standard InChI is InChI=1S/C22H18F3N3O4/c1-3-11-27(14-17-6-5-12-32-17)20(29)15-7-9-16(10-8-15)28-19(22(23,24)25)18(13-26-28)21(30)31-4-2/h1,5-10,12-13H,4,11,14H2,2H3. The lowest BCUT2D eigenvalue weighted by molar-refractivity contribution is -0.143. The Balaban J connectivity index is 1.90. The van der Waals surface area contributed by atoms with Gasteiger partial charge in [-0.15, -0.1) is 6.42 Å². The molecule has 1 aromatic carbocycles. The predicted octanol–water partition coefficient (Wildman–Crippen LogP) is 3.94. The lowest BCUT2D eigenvalue weighted by Gasteiger charge is -2.19. The molecule has 0 aliphatic carbocycles. The molecule has 3 aromatic rings. The van der Waals surface area contributed by atoms with Crippen LogP contribution < -0.4 is 0 Å². The largest absolute Gasteiger partial charge is 0.467 e. The zero-order valence-electron chi connectivity index (χ0n) is 16.9. The van der Waals surface area contributed by atoms with Crippen molar-refractivity contribution in [2.24, 2.45) is 0 Å². The van der Waals surface area contributed by atoms with E-state index in [1.165, 1.54) is 42.4 Å². The summed E-state index contributed by atoms with van der Waals surface area (Å²) in [4.78, 5) is 26.1. The van der Waals surface area contributed by atoms with Gasteiger partial charge in [-0.25, -0.2) is 9.48 Å². The van der Waals surface area contributed by atoms with Crippen molar-refractivity contribution in [3.63, 3.8) is 0 Å². The predicted molar refractivity (Wildman–Crippen MR) is 107 cm³/mol. The summed E-state index contributed by atoms with van der Waals surface area (Å²) in [6.07, 6.45) is 2.76. The van der Waals surface area contributed by atoms with Crippen LogP contribution in [0.1, 0.15) is 39.1 Å². The number of ether oxygens (including phenoxy) is 1. The minimum Gasteiger partial charge on any atom is -0.467 e. The van der Waals surface area contributed by atoms with Crippen LogP contribution in [0.15, 0.2) is 53.3 Å². The number of carbonyl (C=O) groups excluding carboxylic acids is 2. The van der Waals surface area contributed by atoms with E-state index in [2.05, 4.69) is 15.8 Å². The highest BCUT2D eigenvalue weighted by atomic mass is 19.4. The molecular formula is C22H18F3N3O4. The molecule has 7 nitrogen and oxygen atoms in total. The molecule has 0 bridgehead atoms. The molecule has 2 aromatic heterocycles. The summed E-state index contributed by atoms with van der Waals surface area (Å²) in [5.41, 5.74) is -1.74. The van der Waals surface area contributed by atoms with Crippen LogP contribution in [0.5, 0.6) is 0 Å². The zero-order valence-corrected chi connectivity index (χ0v) is 16.9. The molecule has 10 heteroatoms. The van der Waals surface area contributed by atoms with Crippen LogP contribution in [0, 0.1) is 12.3 Å². The fourth-order valence-electron chi connectivity index (χ4n) is 3.00. The lowest BCUT2D eigenvalue weighted by atomic mass is 10.1. The highest BCUT2D eigenvalue weighted by molar-refractivity contribution is 5.94. The van der Waals surface area contributed by atoms with E-state index in [4.69, 9.17) is 10.8 Å². The van der Waals surface area contributed by atoms with Crippen molar-refractivity contribution >= 4 is 11.9 Å². The Hall–Kier alpha value is -4.00. The van der Waals surface area contributed by atoms with E-state index >= 15 is 0 Å². The Labute approximate surface area is 181 Å². The van der Waals surface area contributed by atoms with Gasteiger partial charge in [-0.2, -0.15) is 18.3 Å². The Kier molecular flexibility index (Phi) is 6.68. The van der Waals surface area contributed by atoms with Crippen LogP contribution in [-0.4, -0.2) is 39.7 Å². The normalized spacial score (nSPS) is 11.1. The summed E-state index contributed by atoms with van der Waals surface area (Å²) in [6, 6.07) is 8.67. The molecule has 0 atom stereocenters. The Morgan fingerprint density at radius 2 is 1.97 bits per heavy atom. The summed E-state index contributed by atoms with van der Waals surface area (Å²) >= 11 is 0. The number of terminal acetylenes is 1. The maximum absolute atomic E-state index is 13.6. The molecule has 3 rings (SSSR count). The number of benzene rings is 1. The minimum atomic E-state index is -4.86. The smallest absolute Gasteiger partial charge is 0.434 e. The first-order valence-electron chi connectivity index (χ1n) is 9.44. The molecule has 0 saturated heterocycles. The van der Waals surface area contributed by atoms with Gasteiger partial charge >= 0.3 is 12.1 Å². The second kappa shape index (κ2) is 9.43. The third kappa shape index (κ3) is 4.83. The van der Waals surface area contributed by atoms with Gasteiger partial charge in [0.1, 0.15) is 11.3 Å². The number of esters is 1. The monoisotopic (exact) mass is 445 g/mol. The van der Waals surface area contributed by atoms with E-state index in [-0.39, 0.29) is 30.9 Å². The number of halogens is 3. The molecule has 0 spiro atoms. The number of hydrogen-bond acceptors (Lipinski definition) is 5. The molecular weight excluding hydrogens is 427 g/mol. The lowest BCUT2D eigenvalue weighted by Crippen LogP contribution is -2.30. The van der Waals surface area contributed by atoms with E-state index in [1.807, 2.05) is 0 Å². The van der Waals surface area contributed by atoms with Crippen molar-refractivity contribution in [3.8, 4) is 18.0 Å². The van der Waals surface area contributed by atoms with Gasteiger partial charge in [0.25, 0.3) is 5.91 Å². The van der Waals surface area contributed by atoms with Crippen molar-refractivity contribution in [3.05, 3.63) is 71.4 Å². The van der Waals surface area contributed by atoms with Gasteiger partial charge in [-0.05, 0) is 43.3 Å². The first kappa shape index (κ1) is 22.7. The van der Waals surface area contributed by atoms with Crippen LogP contribution in [0.3, 0.4) is 0 Å². The maximum Gasteiger partial charge on any atom is 0.434 e. The number of nitrogens with zero attached hydrogens (tertiary/aromatic N) is 3. The molecule has 0 radical (unpaired) electrons. The number of carbonyl (C=O) groups is 2. The first-order chi connectivity index (χ1) is 15.3. The molecule has 166 valence electrons. The van der Waals surface area contributed by atoms with Crippen LogP contribution in [0.25, 0.3) is 5.69 Å². The van der Waals surface area contributed by atoms with Crippen molar-refractivity contribution in [2.45, 2.75) is 19.6 Å². The van der Waals surface area contributed by atoms with Crippen molar-refractivity contribution in [2.75, 3.05) is 13.2 Å². The fourth-order valence-corrected chi connectivity index (χ4v) is 3.00. The van der Waals surface area contributed by atoms with Crippen LogP contribution >= 0.6 is 0 Å². The SMILES string of the molecule is C#CCN(Cc1ccco1)C(=O)c1ccc(-n2ncc(C(=O)OCC)c2C(F)(F)F)cc1. The zero-order chi connectivity index (χ0) is 23.3. The van der Waals surface area contributed by atoms with E-state index in [9.17, 15) is 22.8 Å². The summed E-state index contributed by atoms with van der Waals surface area (Å²) in [5.74, 6) is 1.38. The molecule has 0 fully saturated rings. The van der Waals surface area contributed by atoms with Gasteiger partial charge in [0.05, 0.1) is 37.8 Å². The highest BCUT2D eigenvalue weighted by Gasteiger charge is 2.41. The minimum absolute atomic E-state index is 0.0129. The molecule has 1 amide bonds. The number of rotatable bonds is 7. The topological polar surface area (TPSA) is 77.6 Å². The molecule has 32 heavy (non-hydrogen) atoms. The quantitative estimate of drug-likeness (QED) is 0.407. The van der Waals surface area contributed by atoms with Gasteiger partial charge in [0.15, 0.2) is 5.69 Å². The van der Waals surface area contributed by atoms with Gasteiger partial charge < -0.3 is 14.1 Å². The number of hydrogen-bond donors (Lipinski definition) is 0. The summed E-state index contributed by atoms with van der Waals surface area (Å²) < 4.78 is 51.5. The summed E-state index contributed by atoms with van der Waals surface area (Å²) in [5, 5.41) is 3.71. The van der Waals surface area contributed by atoms with Crippen molar-refractivity contribution < 1.29 is 31.9 Å². The van der Waals surface area contributed by atoms with Crippen molar-refractivity contribution in [1.82, 2.24) is 14.7 Å². The molecule has 2 heterocycles. The second-order valence-electron chi connectivity index (χ2n) is 6.53. The molecule has 0 saturated carbocycles. The Morgan fingerprint density at radius 3 is 2.53 bits per heavy atom. The van der Waals surface area contributed by atoms with E-state index < -0.39 is 29.3 Å². The van der Waals surface area contributed by atoms with Gasteiger partial charge in [0.2, 0.25) is 0 Å². The van der Waals surface area contributed by atoms with Crippen molar-refractivity contribution in [1.29, 1.82) is 0 Å². The number of alkyl halides is 3. The molecule has 0 aliphatic heterocycles. The van der Waals surface area contributed by atoms with Gasteiger partial charge in [-0.3, -0.25) is 4.79 Å². The van der Waals surface area contributed by atoms with E-state index in [0.717, 1.165) is 6.20 Å². The first-order valence-corrected chi connectivity index (χ1v) is 9.44. The molecule has 0 N–H and O–H groups in total. The van der Waals surface area contributed by atoms with Gasteiger partial charge in [-0.1, -0.05) is 5.92 Å². The maximum atomic E-state index is 13.6. The highest BCUT2D eigenvalue weighted by Crippen LogP contribution is 2.34. The second-order valence-corrected chi connectivity index (χ2v) is 6.53. The molecule has 0 aliphatic rings. The third-order valence-corrected chi connectivity index (χ3v) is 4.39. The average Bonchev–Trinajstić information content (AvgIpc) is 3.43. The Morgan fingerprint density at radius 1 is 1.25 bits per heavy atom. The third-order valence-electron chi connectivity index (χ3n) is 4.39. The van der Waals surface area contributed by atoms with Crippen LogP contribution in [-0.2, 0) is 17.5 Å². The van der Waals surface area contributed by atoms with E-state index in [0.29, 0.717) is 10.4 Å². The average molecular weight is 445 g/mol. The number of aromatic nitrogens is 2. The molecule has 0 unspecified atom stereocenters. The Bertz CT molecular complexity index is 1130. The summed E-state index contributed by atoms with van der Waals surface area (Å²) in [6.45, 7) is 1.56. The van der Waals surface area contributed by atoms with Gasteiger partial charge in [0, 0.05) is 5.56 Å². The van der Waals surface area contributed by atoms with E-state index in [1.54, 1.807) is 12.1 Å². The fraction of sp³-hybridized carbons (Fsp3) is 0.227. The number of amides is 1. The summed E-state index contributed by atoms with van der Waals surface area (Å²) in [7, 11) is 0.